The van der Waals surface area contributed by atoms with Gasteiger partial charge in [0.2, 0.25) is 0 Å². The van der Waals surface area contributed by atoms with E-state index >= 15 is 0 Å². The Kier molecular flexibility index (Phi) is 3.96. The molecule has 0 aliphatic carbocycles. The summed E-state index contributed by atoms with van der Waals surface area (Å²) in [7, 11) is 0. The highest BCUT2D eigenvalue weighted by molar-refractivity contribution is 6.52. The van der Waals surface area contributed by atoms with Crippen molar-refractivity contribution < 1.29 is 9.59 Å². The van der Waals surface area contributed by atoms with Gasteiger partial charge in [0.1, 0.15) is 10.7 Å². The number of rotatable bonds is 2. The van der Waals surface area contributed by atoms with Crippen LogP contribution >= 0.6 is 11.6 Å². The molecular weight excluding hydrogens is 300 g/mol. The van der Waals surface area contributed by atoms with E-state index in [0.717, 1.165) is 31.5 Å². The quantitative estimate of drug-likeness (QED) is 0.787. The zero-order chi connectivity index (χ0) is 15.9. The van der Waals surface area contributed by atoms with E-state index in [1.165, 1.54) is 4.90 Å². The zero-order valence-corrected chi connectivity index (χ0v) is 13.6. The Morgan fingerprint density at radius 1 is 1.14 bits per heavy atom. The standard InChI is InChI=1S/C17H19ClN2O2/c1-11-5-7-13(8-6-11)20-16(21)14(18)15(17(20)22)19-9-3-4-12(2)10-19/h5-8,12H,3-4,9-10H2,1-2H3/t12-/m0/s1. The van der Waals surface area contributed by atoms with Crippen molar-refractivity contribution in [2.24, 2.45) is 5.92 Å². The zero-order valence-electron chi connectivity index (χ0n) is 12.8. The molecule has 2 aliphatic rings. The predicted octanol–water partition coefficient (Wildman–Crippen LogP) is 3.05. The number of carbonyl (C=O) groups is 2. The number of likely N-dealkylation sites (tertiary alicyclic amines) is 1. The smallest absolute Gasteiger partial charge is 0.283 e. The number of anilines is 1. The molecule has 1 aromatic rings. The summed E-state index contributed by atoms with van der Waals surface area (Å²) < 4.78 is 0. The molecule has 0 unspecified atom stereocenters. The molecule has 1 fully saturated rings. The third-order valence-electron chi connectivity index (χ3n) is 4.27. The number of nitrogens with zero attached hydrogens (tertiary/aromatic N) is 2. The largest absolute Gasteiger partial charge is 0.365 e. The number of piperidine rings is 1. The van der Waals surface area contributed by atoms with Gasteiger partial charge in [0.15, 0.2) is 0 Å². The minimum atomic E-state index is -0.427. The molecule has 5 heteroatoms. The fourth-order valence-corrected chi connectivity index (χ4v) is 3.37. The van der Waals surface area contributed by atoms with Crippen molar-refractivity contribution in [1.82, 2.24) is 4.90 Å². The minimum absolute atomic E-state index is 0.0414. The summed E-state index contributed by atoms with van der Waals surface area (Å²) >= 11 is 6.21. The number of hydrogen-bond acceptors (Lipinski definition) is 3. The van der Waals surface area contributed by atoms with Gasteiger partial charge in [-0.1, -0.05) is 36.2 Å². The van der Waals surface area contributed by atoms with Crippen LogP contribution in [0.3, 0.4) is 0 Å². The average Bonchev–Trinajstić information content (AvgIpc) is 2.71. The first-order valence-corrected chi connectivity index (χ1v) is 7.97. The molecule has 1 saturated heterocycles. The normalized spacial score (nSPS) is 22.8. The molecule has 4 nitrogen and oxygen atoms in total. The first-order valence-electron chi connectivity index (χ1n) is 7.59. The van der Waals surface area contributed by atoms with Gasteiger partial charge in [-0.25, -0.2) is 4.90 Å². The minimum Gasteiger partial charge on any atom is -0.365 e. The van der Waals surface area contributed by atoms with Crippen molar-refractivity contribution in [3.63, 3.8) is 0 Å². The Bertz CT molecular complexity index is 651. The number of halogens is 1. The molecule has 1 atom stereocenters. The summed E-state index contributed by atoms with van der Waals surface area (Å²) in [6.45, 7) is 5.66. The maximum Gasteiger partial charge on any atom is 0.283 e. The van der Waals surface area contributed by atoms with E-state index in [1.54, 1.807) is 12.1 Å². The number of hydrogen-bond donors (Lipinski definition) is 0. The summed E-state index contributed by atoms with van der Waals surface area (Å²) in [5, 5.41) is 0.0414. The predicted molar refractivity (Wildman–Crippen MR) is 86.5 cm³/mol. The van der Waals surface area contributed by atoms with E-state index in [9.17, 15) is 9.59 Å². The summed E-state index contributed by atoms with van der Waals surface area (Å²) in [5.74, 6) is -0.237. The molecule has 2 aliphatic heterocycles. The molecule has 0 N–H and O–H groups in total. The van der Waals surface area contributed by atoms with Gasteiger partial charge in [-0.15, -0.1) is 0 Å². The van der Waals surface area contributed by atoms with Crippen LogP contribution in [0.2, 0.25) is 0 Å². The molecule has 0 spiro atoms. The van der Waals surface area contributed by atoms with Crippen molar-refractivity contribution in [2.75, 3.05) is 18.0 Å². The van der Waals surface area contributed by atoms with Crippen molar-refractivity contribution in [1.29, 1.82) is 0 Å². The van der Waals surface area contributed by atoms with Gasteiger partial charge in [-0.2, -0.15) is 0 Å². The van der Waals surface area contributed by atoms with Crippen LogP contribution in [0.1, 0.15) is 25.3 Å². The molecule has 2 heterocycles. The summed E-state index contributed by atoms with van der Waals surface area (Å²) in [6, 6.07) is 7.31. The number of aryl methyl sites for hydroxylation is 1. The van der Waals surface area contributed by atoms with Gasteiger partial charge in [-0.05, 0) is 37.8 Å². The molecule has 0 bridgehead atoms. The van der Waals surface area contributed by atoms with Gasteiger partial charge in [0.05, 0.1) is 5.69 Å². The number of amides is 2. The molecule has 22 heavy (non-hydrogen) atoms. The van der Waals surface area contributed by atoms with E-state index in [-0.39, 0.29) is 10.9 Å². The van der Waals surface area contributed by atoms with Crippen LogP contribution in [0.15, 0.2) is 35.0 Å². The highest BCUT2D eigenvalue weighted by Gasteiger charge is 2.41. The molecule has 1 aromatic carbocycles. The van der Waals surface area contributed by atoms with Gasteiger partial charge in [-0.3, -0.25) is 9.59 Å². The molecular formula is C17H19ClN2O2. The lowest BCUT2D eigenvalue weighted by molar-refractivity contribution is -0.121. The Balaban J connectivity index is 1.91. The van der Waals surface area contributed by atoms with Gasteiger partial charge in [0.25, 0.3) is 11.8 Å². The fraction of sp³-hybridized carbons (Fsp3) is 0.412. The summed E-state index contributed by atoms with van der Waals surface area (Å²) in [6.07, 6.45) is 2.16. The maximum absolute atomic E-state index is 12.7. The first kappa shape index (κ1) is 15.1. The van der Waals surface area contributed by atoms with E-state index in [1.807, 2.05) is 24.0 Å². The molecule has 0 aromatic heterocycles. The molecule has 0 radical (unpaired) electrons. The van der Waals surface area contributed by atoms with Crippen LogP contribution in [0.5, 0.6) is 0 Å². The highest BCUT2D eigenvalue weighted by atomic mass is 35.5. The van der Waals surface area contributed by atoms with Crippen molar-refractivity contribution in [3.05, 3.63) is 40.6 Å². The first-order chi connectivity index (χ1) is 10.5. The Morgan fingerprint density at radius 2 is 1.82 bits per heavy atom. The van der Waals surface area contributed by atoms with Gasteiger partial charge >= 0.3 is 0 Å². The number of carbonyl (C=O) groups excluding carboxylic acids is 2. The lowest BCUT2D eigenvalue weighted by Crippen LogP contribution is -2.39. The van der Waals surface area contributed by atoms with Crippen LogP contribution in [0, 0.1) is 12.8 Å². The third kappa shape index (κ3) is 2.52. The molecule has 0 saturated carbocycles. The average molecular weight is 319 g/mol. The van der Waals surface area contributed by atoms with Crippen LogP contribution in [0.25, 0.3) is 0 Å². The maximum atomic E-state index is 12.7. The van der Waals surface area contributed by atoms with Gasteiger partial charge in [0, 0.05) is 13.1 Å². The summed E-state index contributed by atoms with van der Waals surface area (Å²) in [4.78, 5) is 28.3. The van der Waals surface area contributed by atoms with Crippen molar-refractivity contribution in [3.8, 4) is 0 Å². The molecule has 3 rings (SSSR count). The van der Waals surface area contributed by atoms with E-state index in [4.69, 9.17) is 11.6 Å². The second-order valence-corrected chi connectivity index (χ2v) is 6.52. The van der Waals surface area contributed by atoms with Crippen molar-refractivity contribution in [2.45, 2.75) is 26.7 Å². The SMILES string of the molecule is Cc1ccc(N2C(=O)C(Cl)=C(N3CCC[C@H](C)C3)C2=O)cc1. The second-order valence-electron chi connectivity index (χ2n) is 6.14. The monoisotopic (exact) mass is 318 g/mol. The fourth-order valence-electron chi connectivity index (χ4n) is 3.09. The van der Waals surface area contributed by atoms with E-state index < -0.39 is 5.91 Å². The number of benzene rings is 1. The lowest BCUT2D eigenvalue weighted by Gasteiger charge is -2.33. The number of imide groups is 1. The second kappa shape index (κ2) is 5.76. The van der Waals surface area contributed by atoms with E-state index in [2.05, 4.69) is 6.92 Å². The Labute approximate surface area is 135 Å². The van der Waals surface area contributed by atoms with E-state index in [0.29, 0.717) is 17.3 Å². The van der Waals surface area contributed by atoms with Crippen LogP contribution in [-0.4, -0.2) is 29.8 Å². The Hall–Kier alpha value is -1.81. The van der Waals surface area contributed by atoms with Crippen LogP contribution in [0.4, 0.5) is 5.69 Å². The highest BCUT2D eigenvalue weighted by Crippen LogP contribution is 2.33. The molecule has 2 amide bonds. The van der Waals surface area contributed by atoms with Crippen LogP contribution < -0.4 is 4.90 Å². The van der Waals surface area contributed by atoms with Crippen LogP contribution in [-0.2, 0) is 9.59 Å². The topological polar surface area (TPSA) is 40.6 Å². The van der Waals surface area contributed by atoms with Gasteiger partial charge < -0.3 is 4.90 Å². The lowest BCUT2D eigenvalue weighted by atomic mass is 10.00. The Morgan fingerprint density at radius 3 is 2.45 bits per heavy atom. The summed E-state index contributed by atoms with van der Waals surface area (Å²) in [5.41, 5.74) is 2.00. The molecule has 116 valence electrons. The van der Waals surface area contributed by atoms with Crippen molar-refractivity contribution >= 4 is 29.1 Å². The third-order valence-corrected chi connectivity index (χ3v) is 4.61.